The van der Waals surface area contributed by atoms with E-state index in [4.69, 9.17) is 9.47 Å². The van der Waals surface area contributed by atoms with E-state index in [1.807, 2.05) is 22.7 Å². The number of hydrogen-bond acceptors (Lipinski definition) is 5. The number of rotatable bonds is 4. The first-order valence-corrected chi connectivity index (χ1v) is 7.10. The van der Waals surface area contributed by atoms with Gasteiger partial charge in [0.2, 0.25) is 0 Å². The van der Waals surface area contributed by atoms with Gasteiger partial charge in [-0.3, -0.25) is 4.40 Å². The number of methoxy groups -OCH3 is 2. The zero-order valence-electron chi connectivity index (χ0n) is 12.3. The van der Waals surface area contributed by atoms with Crippen LogP contribution in [0.4, 0.5) is 0 Å². The van der Waals surface area contributed by atoms with Gasteiger partial charge in [0.1, 0.15) is 17.1 Å². The lowest BCUT2D eigenvalue weighted by Gasteiger charge is -2.09. The Kier molecular flexibility index (Phi) is 3.79. The van der Waals surface area contributed by atoms with Gasteiger partial charge in [-0.05, 0) is 31.5 Å². The van der Waals surface area contributed by atoms with Crippen molar-refractivity contribution in [3.8, 4) is 5.75 Å². The van der Waals surface area contributed by atoms with Gasteiger partial charge in [-0.15, -0.1) is 0 Å². The first-order valence-electron chi connectivity index (χ1n) is 7.10. The van der Waals surface area contributed by atoms with Crippen molar-refractivity contribution in [2.75, 3.05) is 20.8 Å². The van der Waals surface area contributed by atoms with Gasteiger partial charge in [0.25, 0.3) is 0 Å². The lowest BCUT2D eigenvalue weighted by atomic mass is 10.1. The average molecular weight is 289 g/mol. The summed E-state index contributed by atoms with van der Waals surface area (Å²) in [5.41, 5.74) is 0.975. The Labute approximate surface area is 123 Å². The fraction of sp³-hybridized carbons (Fsp3) is 0.467. The van der Waals surface area contributed by atoms with Crippen molar-refractivity contribution in [1.82, 2.24) is 14.7 Å². The summed E-state index contributed by atoms with van der Waals surface area (Å²) in [6.07, 6.45) is 5.00. The summed E-state index contributed by atoms with van der Waals surface area (Å²) < 4.78 is 12.1. The second-order valence-corrected chi connectivity index (χ2v) is 5.16. The number of pyridine rings is 1. The van der Waals surface area contributed by atoms with Crippen molar-refractivity contribution in [2.45, 2.75) is 25.3 Å². The van der Waals surface area contributed by atoms with Crippen molar-refractivity contribution >= 4 is 11.5 Å². The first-order chi connectivity index (χ1) is 10.2. The quantitative estimate of drug-likeness (QED) is 0.862. The second kappa shape index (κ2) is 5.73. The van der Waals surface area contributed by atoms with Crippen LogP contribution in [0.25, 0.3) is 5.52 Å². The minimum Gasteiger partial charge on any atom is -0.494 e. The van der Waals surface area contributed by atoms with Gasteiger partial charge in [0.05, 0.1) is 14.2 Å². The van der Waals surface area contributed by atoms with Crippen LogP contribution in [0.15, 0.2) is 18.3 Å². The van der Waals surface area contributed by atoms with E-state index < -0.39 is 5.97 Å². The lowest BCUT2D eigenvalue weighted by molar-refractivity contribution is 0.0596. The number of carbonyl (C=O) groups excluding carboxylic acids is 1. The Morgan fingerprint density at radius 2 is 2.38 bits per heavy atom. The second-order valence-electron chi connectivity index (χ2n) is 5.16. The summed E-state index contributed by atoms with van der Waals surface area (Å²) in [5, 5.41) is 3.45. The molecule has 6 heteroatoms. The molecule has 1 aliphatic heterocycles. The van der Waals surface area contributed by atoms with Gasteiger partial charge in [0, 0.05) is 18.7 Å². The molecule has 0 amide bonds. The zero-order valence-corrected chi connectivity index (χ0v) is 12.3. The molecule has 112 valence electrons. The Morgan fingerprint density at radius 3 is 3.05 bits per heavy atom. The zero-order chi connectivity index (χ0) is 14.8. The third-order valence-electron chi connectivity index (χ3n) is 3.89. The maximum absolute atomic E-state index is 12.0. The van der Waals surface area contributed by atoms with Gasteiger partial charge in [0.15, 0.2) is 5.69 Å². The Bertz CT molecular complexity index is 659. The molecule has 0 aromatic carbocycles. The topological polar surface area (TPSA) is 64.9 Å². The van der Waals surface area contributed by atoms with Gasteiger partial charge in [-0.1, -0.05) is 0 Å². The van der Waals surface area contributed by atoms with Gasteiger partial charge < -0.3 is 14.8 Å². The summed E-state index contributed by atoms with van der Waals surface area (Å²) in [5.74, 6) is 1.03. The number of nitrogens with one attached hydrogen (secondary N) is 1. The van der Waals surface area contributed by atoms with E-state index in [1.165, 1.54) is 13.5 Å². The molecule has 0 spiro atoms. The maximum Gasteiger partial charge on any atom is 0.359 e. The average Bonchev–Trinajstić information content (AvgIpc) is 3.15. The number of carbonyl (C=O) groups is 1. The van der Waals surface area contributed by atoms with Crippen LogP contribution in [-0.2, 0) is 11.2 Å². The van der Waals surface area contributed by atoms with E-state index in [2.05, 4.69) is 10.3 Å². The van der Waals surface area contributed by atoms with Crippen LogP contribution in [0, 0.1) is 0 Å². The fourth-order valence-electron chi connectivity index (χ4n) is 2.87. The van der Waals surface area contributed by atoms with Crippen molar-refractivity contribution in [1.29, 1.82) is 0 Å². The number of hydrogen-bond donors (Lipinski definition) is 1. The van der Waals surface area contributed by atoms with E-state index >= 15 is 0 Å². The van der Waals surface area contributed by atoms with E-state index in [-0.39, 0.29) is 0 Å². The first kappa shape index (κ1) is 13.9. The fourth-order valence-corrected chi connectivity index (χ4v) is 2.87. The van der Waals surface area contributed by atoms with Crippen LogP contribution in [0.3, 0.4) is 0 Å². The van der Waals surface area contributed by atoms with E-state index in [0.29, 0.717) is 23.0 Å². The monoisotopic (exact) mass is 289 g/mol. The molecule has 0 aliphatic carbocycles. The molecule has 0 radical (unpaired) electrons. The highest BCUT2D eigenvalue weighted by atomic mass is 16.5. The molecule has 6 nitrogen and oxygen atoms in total. The maximum atomic E-state index is 12.0. The van der Waals surface area contributed by atoms with Crippen LogP contribution in [0.2, 0.25) is 0 Å². The SMILES string of the molecule is COC(=O)c1nc(CC2CCCN2)n2cccc(OC)c12. The molecule has 3 rings (SSSR count). The molecule has 3 heterocycles. The van der Waals surface area contributed by atoms with Crippen molar-refractivity contribution in [2.24, 2.45) is 0 Å². The van der Waals surface area contributed by atoms with Gasteiger partial charge in [-0.25, -0.2) is 9.78 Å². The Morgan fingerprint density at radius 1 is 1.52 bits per heavy atom. The van der Waals surface area contributed by atoms with Gasteiger partial charge in [-0.2, -0.15) is 0 Å². The summed E-state index contributed by atoms with van der Waals surface area (Å²) in [6.45, 7) is 1.04. The number of esters is 1. The third kappa shape index (κ3) is 2.47. The predicted octanol–water partition coefficient (Wildman–Crippen LogP) is 1.42. The van der Waals surface area contributed by atoms with E-state index in [9.17, 15) is 4.79 Å². The third-order valence-corrected chi connectivity index (χ3v) is 3.89. The number of imidazole rings is 1. The Balaban J connectivity index is 2.09. The molecule has 1 atom stereocenters. The highest BCUT2D eigenvalue weighted by molar-refractivity contribution is 5.97. The molecule has 1 saturated heterocycles. The highest BCUT2D eigenvalue weighted by Crippen LogP contribution is 2.26. The molecule has 1 fully saturated rings. The molecule has 2 aromatic rings. The van der Waals surface area contributed by atoms with Crippen LogP contribution < -0.4 is 10.1 Å². The number of nitrogens with zero attached hydrogens (tertiary/aromatic N) is 2. The molecule has 2 aromatic heterocycles. The van der Waals surface area contributed by atoms with Gasteiger partial charge >= 0.3 is 5.97 Å². The van der Waals surface area contributed by atoms with Crippen LogP contribution in [0.5, 0.6) is 5.75 Å². The van der Waals surface area contributed by atoms with Crippen molar-refractivity contribution in [3.63, 3.8) is 0 Å². The van der Waals surface area contributed by atoms with E-state index in [1.54, 1.807) is 7.11 Å². The number of fused-ring (bicyclic) bond motifs is 1. The molecular formula is C15H19N3O3. The van der Waals surface area contributed by atoms with Crippen molar-refractivity contribution < 1.29 is 14.3 Å². The van der Waals surface area contributed by atoms with Crippen LogP contribution in [0.1, 0.15) is 29.2 Å². The minimum atomic E-state index is -0.442. The lowest BCUT2D eigenvalue weighted by Crippen LogP contribution is -2.24. The predicted molar refractivity (Wildman–Crippen MR) is 77.8 cm³/mol. The summed E-state index contributed by atoms with van der Waals surface area (Å²) >= 11 is 0. The molecule has 0 bridgehead atoms. The largest absolute Gasteiger partial charge is 0.494 e. The molecule has 1 aliphatic rings. The number of aromatic nitrogens is 2. The van der Waals surface area contributed by atoms with Crippen molar-refractivity contribution in [3.05, 3.63) is 29.8 Å². The minimum absolute atomic E-state index is 0.308. The summed E-state index contributed by atoms with van der Waals surface area (Å²) in [4.78, 5) is 16.5. The summed E-state index contributed by atoms with van der Waals surface area (Å²) in [6, 6.07) is 4.12. The molecule has 1 N–H and O–H groups in total. The number of ether oxygens (including phenoxy) is 2. The smallest absolute Gasteiger partial charge is 0.359 e. The molecule has 1 unspecified atom stereocenters. The van der Waals surface area contributed by atoms with E-state index in [0.717, 1.165) is 25.2 Å². The Hall–Kier alpha value is -2.08. The molecular weight excluding hydrogens is 270 g/mol. The highest BCUT2D eigenvalue weighted by Gasteiger charge is 2.24. The molecule has 21 heavy (non-hydrogen) atoms. The summed E-state index contributed by atoms with van der Waals surface area (Å²) in [7, 11) is 2.95. The standard InChI is InChI=1S/C15H19N3O3/c1-20-11-6-4-8-18-12(9-10-5-3-7-16-10)17-13(14(11)18)15(19)21-2/h4,6,8,10,16H,3,5,7,9H2,1-2H3. The van der Waals surface area contributed by atoms with Crippen LogP contribution in [-0.4, -0.2) is 42.2 Å². The molecule has 0 saturated carbocycles. The van der Waals surface area contributed by atoms with Crippen LogP contribution >= 0.6 is 0 Å². The normalized spacial score (nSPS) is 18.1.